The number of hydrogen-bond donors (Lipinski definition) is 2. The highest BCUT2D eigenvalue weighted by molar-refractivity contribution is 5.66. The van der Waals surface area contributed by atoms with Crippen LogP contribution in [0.4, 0.5) is 5.69 Å². The Morgan fingerprint density at radius 1 is 0.950 bits per heavy atom. The summed E-state index contributed by atoms with van der Waals surface area (Å²) in [5.41, 5.74) is 1.15. The Hall–Kier alpha value is -1.55. The minimum atomic E-state index is -0.735. The summed E-state index contributed by atoms with van der Waals surface area (Å²) in [6.45, 7) is 1.98. The second-order valence-corrected chi connectivity index (χ2v) is 4.96. The second kappa shape index (κ2) is 10.3. The number of benzene rings is 1. The van der Waals surface area contributed by atoms with E-state index in [2.05, 4.69) is 17.0 Å². The van der Waals surface area contributed by atoms with Crippen molar-refractivity contribution >= 4 is 11.7 Å². The van der Waals surface area contributed by atoms with Gasteiger partial charge in [-0.25, -0.2) is 0 Å². The van der Waals surface area contributed by atoms with Gasteiger partial charge in [0.05, 0.1) is 0 Å². The Labute approximate surface area is 121 Å². The van der Waals surface area contributed by atoms with Crippen LogP contribution in [0.5, 0.6) is 0 Å². The van der Waals surface area contributed by atoms with Gasteiger partial charge in [0.1, 0.15) is 0 Å². The van der Waals surface area contributed by atoms with Crippen molar-refractivity contribution in [3.8, 4) is 0 Å². The fourth-order valence-electron chi connectivity index (χ4n) is 2.20. The number of aliphatic hydroxyl groups excluding tert-OH is 1. The van der Waals surface area contributed by atoms with Crippen LogP contribution in [-0.2, 0) is 4.79 Å². The molecule has 0 unspecified atom stereocenters. The molecule has 0 atom stereocenters. The van der Waals surface area contributed by atoms with Crippen LogP contribution in [0, 0.1) is 0 Å². The van der Waals surface area contributed by atoms with Crippen LogP contribution in [-0.4, -0.2) is 35.9 Å². The summed E-state index contributed by atoms with van der Waals surface area (Å²) >= 11 is 0. The molecule has 0 spiro atoms. The summed E-state index contributed by atoms with van der Waals surface area (Å²) in [5.74, 6) is -0.735. The van der Waals surface area contributed by atoms with Gasteiger partial charge >= 0.3 is 5.97 Å². The van der Waals surface area contributed by atoms with E-state index in [4.69, 9.17) is 10.2 Å². The Morgan fingerprint density at radius 2 is 1.60 bits per heavy atom. The maximum Gasteiger partial charge on any atom is 0.303 e. The third-order valence-corrected chi connectivity index (χ3v) is 3.28. The van der Waals surface area contributed by atoms with Gasteiger partial charge < -0.3 is 15.1 Å². The number of aliphatic hydroxyl groups is 1. The third-order valence-electron chi connectivity index (χ3n) is 3.28. The van der Waals surface area contributed by atoms with Crippen LogP contribution < -0.4 is 4.90 Å². The Kier molecular flexibility index (Phi) is 8.47. The van der Waals surface area contributed by atoms with E-state index in [0.717, 1.165) is 44.5 Å². The third kappa shape index (κ3) is 7.14. The molecule has 0 amide bonds. The predicted octanol–water partition coefficient (Wildman–Crippen LogP) is 2.91. The molecule has 1 rings (SSSR count). The summed E-state index contributed by atoms with van der Waals surface area (Å²) in [6, 6.07) is 10.1. The van der Waals surface area contributed by atoms with E-state index in [1.165, 1.54) is 0 Å². The van der Waals surface area contributed by atoms with Gasteiger partial charge in [0.15, 0.2) is 0 Å². The predicted molar refractivity (Wildman–Crippen MR) is 81.1 cm³/mol. The Balaban J connectivity index is 2.41. The molecular formula is C16H25NO3. The number of carboxylic acid groups (broad SMARTS) is 1. The van der Waals surface area contributed by atoms with Crippen LogP contribution >= 0.6 is 0 Å². The van der Waals surface area contributed by atoms with E-state index in [1.807, 2.05) is 18.2 Å². The largest absolute Gasteiger partial charge is 0.481 e. The summed E-state index contributed by atoms with van der Waals surface area (Å²) in [7, 11) is 0. The first-order chi connectivity index (χ1) is 9.74. The van der Waals surface area contributed by atoms with Gasteiger partial charge in [-0.15, -0.1) is 0 Å². The quantitative estimate of drug-likeness (QED) is 0.611. The van der Waals surface area contributed by atoms with Crippen LogP contribution in [0.3, 0.4) is 0 Å². The first-order valence-corrected chi connectivity index (χ1v) is 7.36. The fourth-order valence-corrected chi connectivity index (χ4v) is 2.20. The summed E-state index contributed by atoms with van der Waals surface area (Å²) < 4.78 is 0. The SMILES string of the molecule is O=C(O)CCCN(CCCCCCO)c1ccccc1. The fraction of sp³-hybridized carbons (Fsp3) is 0.562. The molecule has 4 nitrogen and oxygen atoms in total. The Bertz CT molecular complexity index is 367. The van der Waals surface area contributed by atoms with Crippen LogP contribution in [0.1, 0.15) is 38.5 Å². The molecule has 0 radical (unpaired) electrons. The minimum Gasteiger partial charge on any atom is -0.481 e. The molecule has 0 saturated heterocycles. The first-order valence-electron chi connectivity index (χ1n) is 7.36. The van der Waals surface area contributed by atoms with E-state index < -0.39 is 5.97 Å². The van der Waals surface area contributed by atoms with E-state index in [9.17, 15) is 4.79 Å². The number of unbranched alkanes of at least 4 members (excludes halogenated alkanes) is 3. The molecule has 0 aliphatic rings. The lowest BCUT2D eigenvalue weighted by molar-refractivity contribution is -0.137. The van der Waals surface area contributed by atoms with Gasteiger partial charge in [-0.05, 0) is 31.4 Å². The molecule has 0 heterocycles. The maximum atomic E-state index is 10.6. The Morgan fingerprint density at radius 3 is 2.25 bits per heavy atom. The van der Waals surface area contributed by atoms with Crippen molar-refractivity contribution in [2.45, 2.75) is 38.5 Å². The van der Waals surface area contributed by atoms with Gasteiger partial charge in [-0.1, -0.05) is 31.0 Å². The van der Waals surface area contributed by atoms with E-state index in [0.29, 0.717) is 6.42 Å². The van der Waals surface area contributed by atoms with E-state index in [-0.39, 0.29) is 13.0 Å². The number of carboxylic acids is 1. The number of para-hydroxylation sites is 1. The van der Waals surface area contributed by atoms with Gasteiger partial charge in [0.2, 0.25) is 0 Å². The van der Waals surface area contributed by atoms with Crippen molar-refractivity contribution < 1.29 is 15.0 Å². The molecule has 1 aromatic carbocycles. The molecule has 0 aliphatic carbocycles. The first kappa shape index (κ1) is 16.5. The molecule has 0 aliphatic heterocycles. The highest BCUT2D eigenvalue weighted by Crippen LogP contribution is 2.15. The van der Waals surface area contributed by atoms with Crippen molar-refractivity contribution in [1.82, 2.24) is 0 Å². The van der Waals surface area contributed by atoms with Crippen molar-refractivity contribution in [1.29, 1.82) is 0 Å². The topological polar surface area (TPSA) is 60.8 Å². The molecule has 0 aromatic heterocycles. The average Bonchev–Trinajstić information content (AvgIpc) is 2.46. The smallest absolute Gasteiger partial charge is 0.303 e. The second-order valence-electron chi connectivity index (χ2n) is 4.96. The number of hydrogen-bond acceptors (Lipinski definition) is 3. The molecule has 0 saturated carbocycles. The van der Waals surface area contributed by atoms with Crippen molar-refractivity contribution in [2.75, 3.05) is 24.6 Å². The van der Waals surface area contributed by atoms with Crippen LogP contribution in [0.2, 0.25) is 0 Å². The zero-order chi connectivity index (χ0) is 14.6. The van der Waals surface area contributed by atoms with Gasteiger partial charge in [-0.2, -0.15) is 0 Å². The molecule has 0 bridgehead atoms. The van der Waals surface area contributed by atoms with Crippen molar-refractivity contribution in [3.05, 3.63) is 30.3 Å². The number of aliphatic carboxylic acids is 1. The molecule has 2 N–H and O–H groups in total. The number of anilines is 1. The molecule has 112 valence electrons. The molecule has 20 heavy (non-hydrogen) atoms. The zero-order valence-electron chi connectivity index (χ0n) is 12.0. The monoisotopic (exact) mass is 279 g/mol. The lowest BCUT2D eigenvalue weighted by Crippen LogP contribution is -2.26. The normalized spacial score (nSPS) is 10.4. The van der Waals surface area contributed by atoms with Crippen LogP contribution in [0.25, 0.3) is 0 Å². The summed E-state index contributed by atoms with van der Waals surface area (Å²) in [4.78, 5) is 12.9. The molecule has 1 aromatic rings. The number of carbonyl (C=O) groups is 1. The molecule has 0 fully saturated rings. The molecule has 4 heteroatoms. The van der Waals surface area contributed by atoms with E-state index in [1.54, 1.807) is 0 Å². The minimum absolute atomic E-state index is 0.216. The van der Waals surface area contributed by atoms with Crippen molar-refractivity contribution in [3.63, 3.8) is 0 Å². The van der Waals surface area contributed by atoms with Gasteiger partial charge in [0.25, 0.3) is 0 Å². The maximum absolute atomic E-state index is 10.6. The average molecular weight is 279 g/mol. The highest BCUT2D eigenvalue weighted by Gasteiger charge is 2.07. The lowest BCUT2D eigenvalue weighted by Gasteiger charge is -2.24. The number of nitrogens with zero attached hydrogens (tertiary/aromatic N) is 1. The van der Waals surface area contributed by atoms with Crippen molar-refractivity contribution in [2.24, 2.45) is 0 Å². The highest BCUT2D eigenvalue weighted by atomic mass is 16.4. The van der Waals surface area contributed by atoms with Gasteiger partial charge in [-0.3, -0.25) is 4.79 Å². The standard InChI is InChI=1S/C16H25NO3/c18-14-7-2-1-6-12-17(13-8-11-16(19)20)15-9-4-3-5-10-15/h3-5,9-10,18H,1-2,6-8,11-14H2,(H,19,20). The van der Waals surface area contributed by atoms with Gasteiger partial charge in [0, 0.05) is 31.8 Å². The lowest BCUT2D eigenvalue weighted by atomic mass is 10.1. The summed E-state index contributed by atoms with van der Waals surface area (Å²) in [6.07, 6.45) is 4.97. The van der Waals surface area contributed by atoms with Crippen LogP contribution in [0.15, 0.2) is 30.3 Å². The zero-order valence-corrected chi connectivity index (χ0v) is 12.0. The summed E-state index contributed by atoms with van der Waals surface area (Å²) in [5, 5.41) is 17.5. The van der Waals surface area contributed by atoms with E-state index >= 15 is 0 Å². The number of rotatable bonds is 11. The molecular weight excluding hydrogens is 254 g/mol.